The number of likely N-dealkylation sites (N-methyl/N-ethyl adjacent to an activating group) is 1. The number of hydrogen-bond acceptors (Lipinski definition) is 2. The fourth-order valence-electron chi connectivity index (χ4n) is 2.79. The van der Waals surface area contributed by atoms with Crippen molar-refractivity contribution in [3.8, 4) is 0 Å². The van der Waals surface area contributed by atoms with Crippen molar-refractivity contribution >= 4 is 40.6 Å². The van der Waals surface area contributed by atoms with Gasteiger partial charge in [0.15, 0.2) is 6.54 Å². The molecule has 0 bridgehead atoms. The van der Waals surface area contributed by atoms with Crippen molar-refractivity contribution in [1.29, 1.82) is 0 Å². The second kappa shape index (κ2) is 6.95. The van der Waals surface area contributed by atoms with Crippen LogP contribution in [0.5, 0.6) is 0 Å². The lowest BCUT2D eigenvalue weighted by atomic mass is 10.2. The molecular weight excluding hydrogens is 328 g/mol. The van der Waals surface area contributed by atoms with Crippen LogP contribution in [0.2, 0.25) is 5.02 Å². The van der Waals surface area contributed by atoms with Gasteiger partial charge in [-0.15, -0.1) is 0 Å². The van der Waals surface area contributed by atoms with Crippen LogP contribution in [0.3, 0.4) is 0 Å². The lowest BCUT2D eigenvalue weighted by Crippen LogP contribution is -3.12. The molecule has 1 heterocycles. The smallest absolute Gasteiger partial charge is 0.286 e. The van der Waals surface area contributed by atoms with E-state index in [-0.39, 0.29) is 5.91 Å². The third-order valence-electron chi connectivity index (χ3n) is 4.14. The molecule has 1 aliphatic heterocycles. The number of nitrogens with zero attached hydrogens (tertiary/aromatic N) is 1. The van der Waals surface area contributed by atoms with E-state index in [1.54, 1.807) is 11.8 Å². The van der Waals surface area contributed by atoms with E-state index in [4.69, 9.17) is 11.6 Å². The van der Waals surface area contributed by atoms with E-state index in [1.165, 1.54) is 4.90 Å². The molecule has 1 aliphatic rings. The summed E-state index contributed by atoms with van der Waals surface area (Å²) < 4.78 is 0. The van der Waals surface area contributed by atoms with Gasteiger partial charge < -0.3 is 4.90 Å². The number of hydrogen-bond donors (Lipinski definition) is 1. The molecular formula is C18H20ClN2OS+. The Morgan fingerprint density at radius 2 is 1.78 bits per heavy atom. The highest BCUT2D eigenvalue weighted by atomic mass is 35.5. The average molecular weight is 348 g/mol. The first kappa shape index (κ1) is 16.4. The third-order valence-corrected chi connectivity index (χ3v) is 5.50. The molecule has 120 valence electrons. The fourth-order valence-corrected chi connectivity index (χ4v) is 3.99. The second-order valence-electron chi connectivity index (χ2n) is 5.54. The van der Waals surface area contributed by atoms with Crippen LogP contribution >= 0.6 is 23.4 Å². The Hall–Kier alpha value is -1.49. The number of fused-ring (bicyclic) bond motifs is 2. The van der Waals surface area contributed by atoms with Gasteiger partial charge in [-0.25, -0.2) is 0 Å². The molecule has 1 amide bonds. The van der Waals surface area contributed by atoms with Gasteiger partial charge in [0.1, 0.15) is 0 Å². The maximum absolute atomic E-state index is 13.0. The van der Waals surface area contributed by atoms with Crippen LogP contribution in [-0.2, 0) is 4.79 Å². The molecule has 5 heteroatoms. The standard InChI is InChI=1S/C18H19ClN2OS/c1-3-20(4-2)12-18(22)21-14-7-5-6-8-16(14)23-17-10-9-13(19)11-15(17)21/h5-11H,3-4,12H2,1-2H3/p+1. The summed E-state index contributed by atoms with van der Waals surface area (Å²) >= 11 is 7.87. The van der Waals surface area contributed by atoms with Gasteiger partial charge in [0.05, 0.1) is 24.5 Å². The highest BCUT2D eigenvalue weighted by Gasteiger charge is 2.30. The van der Waals surface area contributed by atoms with E-state index in [0.29, 0.717) is 11.6 Å². The zero-order valence-electron chi connectivity index (χ0n) is 13.3. The molecule has 0 saturated heterocycles. The van der Waals surface area contributed by atoms with E-state index < -0.39 is 0 Å². The molecule has 2 aromatic rings. The molecule has 0 atom stereocenters. The number of carbonyl (C=O) groups excluding carboxylic acids is 1. The highest BCUT2D eigenvalue weighted by Crippen LogP contribution is 2.48. The van der Waals surface area contributed by atoms with Gasteiger partial charge in [-0.05, 0) is 44.2 Å². The predicted molar refractivity (Wildman–Crippen MR) is 96.1 cm³/mol. The van der Waals surface area contributed by atoms with Crippen LogP contribution in [-0.4, -0.2) is 25.5 Å². The van der Waals surface area contributed by atoms with E-state index in [2.05, 4.69) is 19.9 Å². The summed E-state index contributed by atoms with van der Waals surface area (Å²) in [5, 5.41) is 0.650. The number of rotatable bonds is 4. The van der Waals surface area contributed by atoms with Gasteiger partial charge in [-0.1, -0.05) is 35.5 Å². The normalized spacial score (nSPS) is 13.0. The summed E-state index contributed by atoms with van der Waals surface area (Å²) in [7, 11) is 0. The lowest BCUT2D eigenvalue weighted by Gasteiger charge is -2.31. The van der Waals surface area contributed by atoms with Gasteiger partial charge in [-0.3, -0.25) is 9.69 Å². The molecule has 0 aromatic heterocycles. The first-order valence-electron chi connectivity index (χ1n) is 7.87. The zero-order valence-corrected chi connectivity index (χ0v) is 14.9. The number of quaternary nitrogens is 1. The highest BCUT2D eigenvalue weighted by molar-refractivity contribution is 7.99. The molecule has 23 heavy (non-hydrogen) atoms. The van der Waals surface area contributed by atoms with Crippen LogP contribution in [0.25, 0.3) is 0 Å². The molecule has 2 aromatic carbocycles. The minimum absolute atomic E-state index is 0.111. The van der Waals surface area contributed by atoms with Crippen LogP contribution < -0.4 is 9.80 Å². The van der Waals surface area contributed by atoms with E-state index in [1.807, 2.05) is 41.3 Å². The van der Waals surface area contributed by atoms with Crippen LogP contribution in [0.15, 0.2) is 52.3 Å². The maximum atomic E-state index is 13.0. The number of amides is 1. The number of carbonyl (C=O) groups is 1. The Bertz CT molecular complexity index is 731. The molecule has 3 nitrogen and oxygen atoms in total. The van der Waals surface area contributed by atoms with Crippen molar-refractivity contribution in [2.45, 2.75) is 23.6 Å². The second-order valence-corrected chi connectivity index (χ2v) is 7.07. The molecule has 0 aliphatic carbocycles. The van der Waals surface area contributed by atoms with Crippen LogP contribution in [0.4, 0.5) is 11.4 Å². The average Bonchev–Trinajstić information content (AvgIpc) is 2.57. The largest absolute Gasteiger partial charge is 0.328 e. The number of nitrogens with one attached hydrogen (secondary N) is 1. The summed E-state index contributed by atoms with van der Waals surface area (Å²) in [5.74, 6) is 0.111. The Kier molecular flexibility index (Phi) is 4.95. The number of halogens is 1. The molecule has 0 spiro atoms. The molecule has 1 N–H and O–H groups in total. The van der Waals surface area contributed by atoms with Gasteiger partial charge >= 0.3 is 0 Å². The third kappa shape index (κ3) is 3.25. The first-order valence-corrected chi connectivity index (χ1v) is 9.06. The predicted octanol–water partition coefficient (Wildman–Crippen LogP) is 3.39. The van der Waals surface area contributed by atoms with Crippen molar-refractivity contribution in [3.05, 3.63) is 47.5 Å². The zero-order chi connectivity index (χ0) is 16.4. The maximum Gasteiger partial charge on any atom is 0.286 e. The van der Waals surface area contributed by atoms with Crippen molar-refractivity contribution in [2.24, 2.45) is 0 Å². The summed E-state index contributed by atoms with van der Waals surface area (Å²) in [6.45, 7) is 6.58. The minimum Gasteiger partial charge on any atom is -0.328 e. The van der Waals surface area contributed by atoms with Crippen LogP contribution in [0, 0.1) is 0 Å². The summed E-state index contributed by atoms with van der Waals surface area (Å²) in [5.41, 5.74) is 1.83. The topological polar surface area (TPSA) is 24.8 Å². The first-order chi connectivity index (χ1) is 11.1. The Morgan fingerprint density at radius 3 is 2.52 bits per heavy atom. The SMILES string of the molecule is CC[NH+](CC)CC(=O)N1c2ccccc2Sc2ccc(Cl)cc21. The molecule has 0 radical (unpaired) electrons. The molecule has 0 saturated carbocycles. The number of para-hydroxylation sites is 1. The monoisotopic (exact) mass is 347 g/mol. The van der Waals surface area contributed by atoms with Crippen molar-refractivity contribution in [2.75, 3.05) is 24.5 Å². The van der Waals surface area contributed by atoms with Gasteiger partial charge in [0, 0.05) is 14.8 Å². The Labute approximate surface area is 146 Å². The Balaban J connectivity index is 2.04. The molecule has 0 fully saturated rings. The number of benzene rings is 2. The van der Waals surface area contributed by atoms with Gasteiger partial charge in [0.25, 0.3) is 5.91 Å². The molecule has 3 rings (SSSR count). The summed E-state index contributed by atoms with van der Waals surface area (Å²) in [6.07, 6.45) is 0. The van der Waals surface area contributed by atoms with Gasteiger partial charge in [-0.2, -0.15) is 0 Å². The fraction of sp³-hybridized carbons (Fsp3) is 0.278. The Morgan fingerprint density at radius 1 is 1.09 bits per heavy atom. The van der Waals surface area contributed by atoms with Crippen molar-refractivity contribution < 1.29 is 9.69 Å². The van der Waals surface area contributed by atoms with E-state index in [9.17, 15) is 4.79 Å². The molecule has 0 unspecified atom stereocenters. The van der Waals surface area contributed by atoms with Crippen molar-refractivity contribution in [1.82, 2.24) is 0 Å². The lowest BCUT2D eigenvalue weighted by molar-refractivity contribution is -0.888. The summed E-state index contributed by atoms with van der Waals surface area (Å²) in [4.78, 5) is 18.3. The summed E-state index contributed by atoms with van der Waals surface area (Å²) in [6, 6.07) is 13.8. The van der Waals surface area contributed by atoms with Crippen molar-refractivity contribution in [3.63, 3.8) is 0 Å². The minimum atomic E-state index is 0.111. The van der Waals surface area contributed by atoms with Gasteiger partial charge in [0.2, 0.25) is 0 Å². The quantitative estimate of drug-likeness (QED) is 0.917. The number of anilines is 2. The van der Waals surface area contributed by atoms with E-state index in [0.717, 1.165) is 34.3 Å². The van der Waals surface area contributed by atoms with E-state index >= 15 is 0 Å². The van der Waals surface area contributed by atoms with Crippen LogP contribution in [0.1, 0.15) is 13.8 Å².